The van der Waals surface area contributed by atoms with Crippen molar-refractivity contribution >= 4 is 17.5 Å². The van der Waals surface area contributed by atoms with Gasteiger partial charge < -0.3 is 19.6 Å². The van der Waals surface area contributed by atoms with Gasteiger partial charge in [-0.25, -0.2) is 4.39 Å². The van der Waals surface area contributed by atoms with Crippen molar-refractivity contribution in [3.63, 3.8) is 0 Å². The second kappa shape index (κ2) is 7.10. The molecule has 21 heavy (non-hydrogen) atoms. The predicted molar refractivity (Wildman–Crippen MR) is 73.6 cm³/mol. The highest BCUT2D eigenvalue weighted by Gasteiger charge is 2.12. The molecule has 1 aromatic carbocycles. The van der Waals surface area contributed by atoms with Crippen molar-refractivity contribution in [2.75, 3.05) is 13.2 Å². The van der Waals surface area contributed by atoms with E-state index < -0.39 is 17.8 Å². The maximum atomic E-state index is 12.9. The molecule has 2 aromatic rings. The summed E-state index contributed by atoms with van der Waals surface area (Å²) in [5.41, 5.74) is 0. The Morgan fingerprint density at radius 2 is 2.29 bits per heavy atom. The lowest BCUT2D eigenvalue weighted by molar-refractivity contribution is -0.123. The molecule has 1 unspecified atom stereocenters. The number of aliphatic hydroxyl groups excluding tert-OH is 1. The first kappa shape index (κ1) is 15.3. The normalized spacial score (nSPS) is 12.0. The summed E-state index contributed by atoms with van der Waals surface area (Å²) < 4.78 is 23.1. The van der Waals surface area contributed by atoms with Crippen LogP contribution in [0.4, 0.5) is 4.39 Å². The Morgan fingerprint density at radius 3 is 2.95 bits per heavy atom. The number of furan rings is 1. The fourth-order valence-corrected chi connectivity index (χ4v) is 1.73. The van der Waals surface area contributed by atoms with Crippen LogP contribution in [0.25, 0.3) is 0 Å². The number of carbonyl (C=O) groups is 1. The third kappa shape index (κ3) is 4.47. The van der Waals surface area contributed by atoms with E-state index in [1.165, 1.54) is 18.4 Å². The molecule has 1 aromatic heterocycles. The lowest BCUT2D eigenvalue weighted by Gasteiger charge is -2.10. The average Bonchev–Trinajstić information content (AvgIpc) is 3.00. The molecule has 0 bridgehead atoms. The third-order valence-electron chi connectivity index (χ3n) is 2.63. The molecule has 0 aliphatic rings. The Morgan fingerprint density at radius 1 is 1.48 bits per heavy atom. The van der Waals surface area contributed by atoms with Gasteiger partial charge in [0.1, 0.15) is 23.4 Å². The zero-order valence-corrected chi connectivity index (χ0v) is 11.6. The Balaban J connectivity index is 1.75. The fraction of sp³-hybridized carbons (Fsp3) is 0.214. The number of ether oxygens (including phenoxy) is 1. The monoisotopic (exact) mass is 313 g/mol. The van der Waals surface area contributed by atoms with Gasteiger partial charge in [0.25, 0.3) is 5.91 Å². The molecular formula is C14H13ClFNO4. The highest BCUT2D eigenvalue weighted by molar-refractivity contribution is 6.30. The first-order valence-electron chi connectivity index (χ1n) is 6.12. The van der Waals surface area contributed by atoms with Crippen LogP contribution < -0.4 is 10.1 Å². The zero-order valence-electron chi connectivity index (χ0n) is 10.9. The van der Waals surface area contributed by atoms with Crippen molar-refractivity contribution in [3.8, 4) is 5.75 Å². The van der Waals surface area contributed by atoms with Crippen molar-refractivity contribution in [1.82, 2.24) is 5.32 Å². The SMILES string of the molecule is O=C(COc1ccc(F)c(Cl)c1)NCC(O)c1ccco1. The van der Waals surface area contributed by atoms with Crippen LogP contribution in [0.1, 0.15) is 11.9 Å². The van der Waals surface area contributed by atoms with E-state index in [1.54, 1.807) is 12.1 Å². The van der Waals surface area contributed by atoms with Gasteiger partial charge in [0, 0.05) is 6.07 Å². The summed E-state index contributed by atoms with van der Waals surface area (Å²) >= 11 is 5.59. The number of halogens is 2. The van der Waals surface area contributed by atoms with Crippen molar-refractivity contribution in [2.45, 2.75) is 6.10 Å². The van der Waals surface area contributed by atoms with Crippen molar-refractivity contribution in [2.24, 2.45) is 0 Å². The molecule has 0 fully saturated rings. The number of hydrogen-bond acceptors (Lipinski definition) is 4. The Bertz CT molecular complexity index is 603. The summed E-state index contributed by atoms with van der Waals surface area (Å²) in [6.45, 7) is -0.271. The predicted octanol–water partition coefficient (Wildman–Crippen LogP) is 2.30. The number of amides is 1. The van der Waals surface area contributed by atoms with E-state index in [0.29, 0.717) is 5.76 Å². The first-order chi connectivity index (χ1) is 10.1. The van der Waals surface area contributed by atoms with Gasteiger partial charge in [0.05, 0.1) is 17.8 Å². The number of benzene rings is 1. The van der Waals surface area contributed by atoms with Gasteiger partial charge in [-0.15, -0.1) is 0 Å². The summed E-state index contributed by atoms with van der Waals surface area (Å²) in [5.74, 6) is -0.347. The second-order valence-electron chi connectivity index (χ2n) is 4.20. The quantitative estimate of drug-likeness (QED) is 0.858. The van der Waals surface area contributed by atoms with E-state index in [4.69, 9.17) is 20.8 Å². The van der Waals surface area contributed by atoms with Crippen LogP contribution in [-0.2, 0) is 4.79 Å². The van der Waals surface area contributed by atoms with Gasteiger partial charge in [-0.2, -0.15) is 0 Å². The summed E-state index contributed by atoms with van der Waals surface area (Å²) in [6.07, 6.45) is 0.506. The summed E-state index contributed by atoms with van der Waals surface area (Å²) in [6, 6.07) is 7.04. The Labute approximate surface area is 125 Å². The maximum absolute atomic E-state index is 12.9. The number of rotatable bonds is 6. The number of aliphatic hydroxyl groups is 1. The van der Waals surface area contributed by atoms with Gasteiger partial charge in [-0.05, 0) is 24.3 Å². The van der Waals surface area contributed by atoms with Crippen LogP contribution in [0.15, 0.2) is 41.0 Å². The minimum Gasteiger partial charge on any atom is -0.484 e. The molecule has 0 spiro atoms. The van der Waals surface area contributed by atoms with E-state index >= 15 is 0 Å². The van der Waals surface area contributed by atoms with Crippen LogP contribution in [0.2, 0.25) is 5.02 Å². The lowest BCUT2D eigenvalue weighted by atomic mass is 10.3. The first-order valence-corrected chi connectivity index (χ1v) is 6.50. The number of carbonyl (C=O) groups excluding carboxylic acids is 1. The maximum Gasteiger partial charge on any atom is 0.258 e. The molecule has 5 nitrogen and oxygen atoms in total. The van der Waals surface area contributed by atoms with Crippen LogP contribution >= 0.6 is 11.6 Å². The largest absolute Gasteiger partial charge is 0.484 e. The van der Waals surface area contributed by atoms with E-state index in [9.17, 15) is 14.3 Å². The highest BCUT2D eigenvalue weighted by Crippen LogP contribution is 2.20. The van der Waals surface area contributed by atoms with Gasteiger partial charge in [0.15, 0.2) is 6.61 Å². The van der Waals surface area contributed by atoms with E-state index in [1.807, 2.05) is 0 Å². The molecule has 1 amide bonds. The molecule has 0 aliphatic carbocycles. The average molecular weight is 314 g/mol. The summed E-state index contributed by atoms with van der Waals surface area (Å²) in [5, 5.41) is 12.1. The molecule has 1 atom stereocenters. The van der Waals surface area contributed by atoms with Gasteiger partial charge in [0.2, 0.25) is 0 Å². The van der Waals surface area contributed by atoms with Crippen LogP contribution in [-0.4, -0.2) is 24.2 Å². The standard InChI is InChI=1S/C14H13ClFNO4/c15-10-6-9(3-4-11(10)16)21-8-14(19)17-7-12(18)13-2-1-5-20-13/h1-6,12,18H,7-8H2,(H,17,19). The smallest absolute Gasteiger partial charge is 0.258 e. The molecule has 7 heteroatoms. The molecule has 112 valence electrons. The van der Waals surface area contributed by atoms with Gasteiger partial charge >= 0.3 is 0 Å². The highest BCUT2D eigenvalue weighted by atomic mass is 35.5. The van der Waals surface area contributed by atoms with Crippen molar-refractivity contribution < 1.29 is 23.4 Å². The Hall–Kier alpha value is -2.05. The third-order valence-corrected chi connectivity index (χ3v) is 2.91. The molecule has 2 N–H and O–H groups in total. The van der Waals surface area contributed by atoms with Crippen LogP contribution in [0.5, 0.6) is 5.75 Å². The van der Waals surface area contributed by atoms with Gasteiger partial charge in [-0.1, -0.05) is 11.6 Å². The van der Waals surface area contributed by atoms with E-state index in [0.717, 1.165) is 6.07 Å². The van der Waals surface area contributed by atoms with E-state index in [2.05, 4.69) is 5.32 Å². The molecule has 1 heterocycles. The lowest BCUT2D eigenvalue weighted by Crippen LogP contribution is -2.32. The molecule has 0 saturated heterocycles. The number of nitrogens with one attached hydrogen (secondary N) is 1. The summed E-state index contributed by atoms with van der Waals surface area (Å²) in [7, 11) is 0. The minimum absolute atomic E-state index is 0.000118. The molecule has 0 radical (unpaired) electrons. The minimum atomic E-state index is -0.927. The second-order valence-corrected chi connectivity index (χ2v) is 4.61. The number of hydrogen-bond donors (Lipinski definition) is 2. The van der Waals surface area contributed by atoms with Crippen molar-refractivity contribution in [3.05, 3.63) is 53.2 Å². The molecule has 0 aliphatic heterocycles. The molecule has 2 rings (SSSR count). The zero-order chi connectivity index (χ0) is 15.2. The fourth-order valence-electron chi connectivity index (χ4n) is 1.56. The van der Waals surface area contributed by atoms with Crippen LogP contribution in [0.3, 0.4) is 0 Å². The van der Waals surface area contributed by atoms with Gasteiger partial charge in [-0.3, -0.25) is 4.79 Å². The topological polar surface area (TPSA) is 71.7 Å². The Kier molecular flexibility index (Phi) is 5.19. The van der Waals surface area contributed by atoms with E-state index in [-0.39, 0.29) is 23.9 Å². The summed E-state index contributed by atoms with van der Waals surface area (Å²) in [4.78, 5) is 11.6. The molecular weight excluding hydrogens is 301 g/mol. The van der Waals surface area contributed by atoms with Crippen LogP contribution in [0, 0.1) is 5.82 Å². The molecule has 0 saturated carbocycles. The van der Waals surface area contributed by atoms with Crippen molar-refractivity contribution in [1.29, 1.82) is 0 Å².